The molecule has 1 atom stereocenters. The van der Waals surface area contributed by atoms with Crippen LogP contribution in [0.5, 0.6) is 0 Å². The molecule has 1 amide bonds. The first-order chi connectivity index (χ1) is 6.51. The predicted molar refractivity (Wildman–Crippen MR) is 56.0 cm³/mol. The molecule has 2 rings (SSSR count). The fourth-order valence-electron chi connectivity index (χ4n) is 2.49. The van der Waals surface area contributed by atoms with E-state index in [0.717, 1.165) is 13.0 Å². The number of carbonyl (C=O) groups is 1. The van der Waals surface area contributed by atoms with E-state index in [1.54, 1.807) is 0 Å². The summed E-state index contributed by atoms with van der Waals surface area (Å²) in [4.78, 5) is 15.8. The normalized spacial score (nSPS) is 29.5. The van der Waals surface area contributed by atoms with Crippen molar-refractivity contribution in [2.45, 2.75) is 32.2 Å². The average molecular weight is 196 g/mol. The summed E-state index contributed by atoms with van der Waals surface area (Å²) in [6, 6.07) is 0. The highest BCUT2D eigenvalue weighted by Gasteiger charge is 2.43. The van der Waals surface area contributed by atoms with E-state index in [4.69, 9.17) is 0 Å². The molecule has 0 aromatic carbocycles. The first kappa shape index (κ1) is 9.97. The monoisotopic (exact) mass is 196 g/mol. The summed E-state index contributed by atoms with van der Waals surface area (Å²) >= 11 is 0. The van der Waals surface area contributed by atoms with Crippen molar-refractivity contribution in [3.8, 4) is 0 Å². The minimum Gasteiger partial charge on any atom is -0.345 e. The zero-order valence-electron chi connectivity index (χ0n) is 9.42. The van der Waals surface area contributed by atoms with E-state index in [2.05, 4.69) is 18.7 Å². The largest absolute Gasteiger partial charge is 0.345 e. The number of amides is 1. The smallest absolute Gasteiger partial charge is 0.222 e. The number of hydrogen-bond acceptors (Lipinski definition) is 2. The number of carbonyl (C=O) groups excluding carboxylic acids is 1. The minimum absolute atomic E-state index is 0.207. The van der Waals surface area contributed by atoms with E-state index < -0.39 is 0 Å². The van der Waals surface area contributed by atoms with Crippen LogP contribution in [0.25, 0.3) is 0 Å². The van der Waals surface area contributed by atoms with Crippen LogP contribution in [-0.4, -0.2) is 47.9 Å². The lowest BCUT2D eigenvalue weighted by molar-refractivity contribution is -0.126. The number of rotatable bonds is 2. The van der Waals surface area contributed by atoms with Crippen molar-refractivity contribution in [2.75, 3.05) is 26.7 Å². The standard InChI is InChI=1S/C11H20N2O/c1-11(2,13-5-4-6-13)9-7-10(14)12(3)8-9/h9H,4-8H2,1-3H3. The molecule has 0 bridgehead atoms. The molecule has 2 heterocycles. The van der Waals surface area contributed by atoms with Gasteiger partial charge in [-0.2, -0.15) is 0 Å². The van der Waals surface area contributed by atoms with Gasteiger partial charge in [0, 0.05) is 31.5 Å². The van der Waals surface area contributed by atoms with Crippen molar-refractivity contribution in [3.63, 3.8) is 0 Å². The summed E-state index contributed by atoms with van der Waals surface area (Å²) in [7, 11) is 1.91. The maximum absolute atomic E-state index is 11.5. The van der Waals surface area contributed by atoms with Gasteiger partial charge in [-0.15, -0.1) is 0 Å². The lowest BCUT2D eigenvalue weighted by Crippen LogP contribution is -2.56. The second-order valence-corrected chi connectivity index (χ2v) is 5.17. The van der Waals surface area contributed by atoms with Gasteiger partial charge in [0.2, 0.25) is 5.91 Å². The molecule has 2 aliphatic heterocycles. The summed E-state index contributed by atoms with van der Waals surface area (Å²) in [5, 5.41) is 0. The Morgan fingerprint density at radius 2 is 2.00 bits per heavy atom. The summed E-state index contributed by atoms with van der Waals surface area (Å²) in [6.07, 6.45) is 2.06. The lowest BCUT2D eigenvalue weighted by Gasteiger charge is -2.47. The quantitative estimate of drug-likeness (QED) is 0.656. The number of hydrogen-bond donors (Lipinski definition) is 0. The van der Waals surface area contributed by atoms with Gasteiger partial charge >= 0.3 is 0 Å². The second kappa shape index (κ2) is 3.23. The Morgan fingerprint density at radius 1 is 1.36 bits per heavy atom. The summed E-state index contributed by atoms with van der Waals surface area (Å²) in [5.74, 6) is 0.823. The van der Waals surface area contributed by atoms with Crippen LogP contribution in [0.1, 0.15) is 26.7 Å². The Hall–Kier alpha value is -0.570. The molecule has 80 valence electrons. The Kier molecular flexibility index (Phi) is 2.30. The fourth-order valence-corrected chi connectivity index (χ4v) is 2.49. The molecule has 0 N–H and O–H groups in total. The molecule has 2 aliphatic rings. The van der Waals surface area contributed by atoms with Gasteiger partial charge in [0.15, 0.2) is 0 Å². The number of likely N-dealkylation sites (tertiary alicyclic amines) is 2. The van der Waals surface area contributed by atoms with Crippen molar-refractivity contribution in [2.24, 2.45) is 5.92 Å². The fraction of sp³-hybridized carbons (Fsp3) is 0.909. The van der Waals surface area contributed by atoms with Gasteiger partial charge < -0.3 is 4.90 Å². The van der Waals surface area contributed by atoms with Crippen LogP contribution in [0.15, 0.2) is 0 Å². The van der Waals surface area contributed by atoms with Crippen molar-refractivity contribution in [1.29, 1.82) is 0 Å². The average Bonchev–Trinajstić information content (AvgIpc) is 2.28. The Bertz CT molecular complexity index is 246. The molecule has 3 nitrogen and oxygen atoms in total. The highest BCUT2D eigenvalue weighted by Crippen LogP contribution is 2.34. The Balaban J connectivity index is 2.03. The van der Waals surface area contributed by atoms with E-state index >= 15 is 0 Å². The molecular formula is C11H20N2O. The summed E-state index contributed by atoms with van der Waals surface area (Å²) in [5.41, 5.74) is 0.207. The van der Waals surface area contributed by atoms with Crippen LogP contribution in [0.2, 0.25) is 0 Å². The van der Waals surface area contributed by atoms with E-state index in [1.165, 1.54) is 19.5 Å². The van der Waals surface area contributed by atoms with E-state index in [-0.39, 0.29) is 5.54 Å². The van der Waals surface area contributed by atoms with Crippen LogP contribution in [0, 0.1) is 5.92 Å². The third kappa shape index (κ3) is 1.44. The maximum Gasteiger partial charge on any atom is 0.222 e. The molecule has 0 aliphatic carbocycles. The molecule has 0 radical (unpaired) electrons. The van der Waals surface area contributed by atoms with Gasteiger partial charge in [0.1, 0.15) is 0 Å². The number of nitrogens with zero attached hydrogens (tertiary/aromatic N) is 2. The first-order valence-corrected chi connectivity index (χ1v) is 5.51. The van der Waals surface area contributed by atoms with Crippen LogP contribution < -0.4 is 0 Å². The molecule has 0 aromatic heterocycles. The third-order valence-electron chi connectivity index (χ3n) is 4.01. The zero-order chi connectivity index (χ0) is 10.3. The highest BCUT2D eigenvalue weighted by molar-refractivity contribution is 5.78. The van der Waals surface area contributed by atoms with Crippen LogP contribution in [-0.2, 0) is 4.79 Å². The van der Waals surface area contributed by atoms with E-state index in [1.807, 2.05) is 11.9 Å². The topological polar surface area (TPSA) is 23.6 Å². The van der Waals surface area contributed by atoms with Gasteiger partial charge in [-0.3, -0.25) is 9.69 Å². The van der Waals surface area contributed by atoms with E-state index in [0.29, 0.717) is 11.8 Å². The van der Waals surface area contributed by atoms with Gasteiger partial charge in [0.05, 0.1) is 0 Å². The molecule has 1 unspecified atom stereocenters. The lowest BCUT2D eigenvalue weighted by atomic mass is 9.83. The molecule has 0 aromatic rings. The predicted octanol–water partition coefficient (Wildman–Crippen LogP) is 0.949. The summed E-state index contributed by atoms with van der Waals surface area (Å²) in [6.45, 7) is 7.91. The van der Waals surface area contributed by atoms with E-state index in [9.17, 15) is 4.79 Å². The molecule has 2 fully saturated rings. The van der Waals surface area contributed by atoms with Crippen molar-refractivity contribution in [1.82, 2.24) is 9.80 Å². The van der Waals surface area contributed by atoms with Crippen molar-refractivity contribution in [3.05, 3.63) is 0 Å². The molecule has 2 saturated heterocycles. The maximum atomic E-state index is 11.5. The highest BCUT2D eigenvalue weighted by atomic mass is 16.2. The van der Waals surface area contributed by atoms with Crippen molar-refractivity contribution >= 4 is 5.91 Å². The minimum atomic E-state index is 0.207. The van der Waals surface area contributed by atoms with Gasteiger partial charge in [-0.1, -0.05) is 0 Å². The molecule has 0 spiro atoms. The zero-order valence-corrected chi connectivity index (χ0v) is 9.42. The Morgan fingerprint density at radius 3 is 2.36 bits per heavy atom. The summed E-state index contributed by atoms with van der Waals surface area (Å²) < 4.78 is 0. The molecule has 14 heavy (non-hydrogen) atoms. The second-order valence-electron chi connectivity index (χ2n) is 5.17. The van der Waals surface area contributed by atoms with Crippen LogP contribution >= 0.6 is 0 Å². The molecule has 0 saturated carbocycles. The van der Waals surface area contributed by atoms with Gasteiger partial charge in [-0.25, -0.2) is 0 Å². The first-order valence-electron chi connectivity index (χ1n) is 5.51. The van der Waals surface area contributed by atoms with Crippen molar-refractivity contribution < 1.29 is 4.79 Å². The molecular weight excluding hydrogens is 176 g/mol. The SMILES string of the molecule is CN1CC(C(C)(C)N2CCC2)CC1=O. The van der Waals surface area contributed by atoms with Crippen LogP contribution in [0.3, 0.4) is 0 Å². The Labute approximate surface area is 86.1 Å². The van der Waals surface area contributed by atoms with Crippen LogP contribution in [0.4, 0.5) is 0 Å². The third-order valence-corrected chi connectivity index (χ3v) is 4.01. The van der Waals surface area contributed by atoms with Gasteiger partial charge in [0.25, 0.3) is 0 Å². The van der Waals surface area contributed by atoms with Gasteiger partial charge in [-0.05, 0) is 33.4 Å². The molecule has 3 heteroatoms.